The van der Waals surface area contributed by atoms with E-state index in [1.165, 1.54) is 38.8 Å². The molecule has 0 bridgehead atoms. The fourth-order valence-corrected chi connectivity index (χ4v) is 2.90. The molecule has 0 aliphatic carbocycles. The first-order valence-electron chi connectivity index (χ1n) is 6.38. The molecule has 0 aromatic carbocycles. The molecule has 0 spiro atoms. The summed E-state index contributed by atoms with van der Waals surface area (Å²) in [5, 5.41) is 0. The molecule has 86 valence electrons. The highest BCUT2D eigenvalue weighted by molar-refractivity contribution is 5.64. The van der Waals surface area contributed by atoms with Crippen LogP contribution in [-0.2, 0) is 0 Å². The third-order valence-corrected chi connectivity index (χ3v) is 4.47. The van der Waals surface area contributed by atoms with Gasteiger partial charge >= 0.3 is 0 Å². The summed E-state index contributed by atoms with van der Waals surface area (Å²) in [6.07, 6.45) is 9.40. The van der Waals surface area contributed by atoms with Gasteiger partial charge < -0.3 is 0 Å². The minimum atomic E-state index is 0.611. The van der Waals surface area contributed by atoms with Crippen LogP contribution in [0.4, 0.5) is 0 Å². The van der Waals surface area contributed by atoms with Crippen molar-refractivity contribution in [2.45, 2.75) is 46.5 Å². The van der Waals surface area contributed by atoms with Crippen LogP contribution in [0, 0.1) is 11.3 Å². The van der Waals surface area contributed by atoms with E-state index < -0.39 is 0 Å². The van der Waals surface area contributed by atoms with E-state index in [0.717, 1.165) is 5.92 Å². The molecule has 1 nitrogen and oxygen atoms in total. The number of nitrogens with zero attached hydrogens (tertiary/aromatic N) is 1. The van der Waals surface area contributed by atoms with Gasteiger partial charge in [0, 0.05) is 12.8 Å². The summed E-state index contributed by atoms with van der Waals surface area (Å²) in [7, 11) is 0. The second-order valence-corrected chi connectivity index (χ2v) is 4.95. The van der Waals surface area contributed by atoms with Gasteiger partial charge in [-0.3, -0.25) is 0 Å². The summed E-state index contributed by atoms with van der Waals surface area (Å²) >= 11 is 0. The maximum Gasteiger partial charge on any atom is 0.162 e. The lowest BCUT2D eigenvalue weighted by Crippen LogP contribution is -2.39. The van der Waals surface area contributed by atoms with Gasteiger partial charge in [-0.15, -0.1) is 0 Å². The van der Waals surface area contributed by atoms with E-state index in [1.54, 1.807) is 0 Å². The second kappa shape index (κ2) is 5.48. The Morgan fingerprint density at radius 1 is 1.33 bits per heavy atom. The number of hydrogen-bond donors (Lipinski definition) is 0. The summed E-state index contributed by atoms with van der Waals surface area (Å²) in [5.41, 5.74) is 0.611. The van der Waals surface area contributed by atoms with E-state index in [9.17, 15) is 0 Å². The van der Waals surface area contributed by atoms with Crippen molar-refractivity contribution in [3.05, 3.63) is 12.7 Å². The molecule has 1 rings (SSSR count). The lowest BCUT2D eigenvalue weighted by molar-refractivity contribution is -0.542. The van der Waals surface area contributed by atoms with Gasteiger partial charge in [0.15, 0.2) is 6.21 Å². The fraction of sp³-hybridized carbons (Fsp3) is 0.786. The zero-order valence-electron chi connectivity index (χ0n) is 10.6. The van der Waals surface area contributed by atoms with Gasteiger partial charge in [-0.1, -0.05) is 33.8 Å². The Hall–Kier alpha value is -0.590. The van der Waals surface area contributed by atoms with Crippen LogP contribution in [0.15, 0.2) is 12.7 Å². The Morgan fingerprint density at radius 3 is 2.33 bits per heavy atom. The number of allylic oxidation sites excluding steroid dienone is 1. The fourth-order valence-electron chi connectivity index (χ4n) is 2.90. The third-order valence-electron chi connectivity index (χ3n) is 4.47. The Balaban J connectivity index is 2.66. The van der Waals surface area contributed by atoms with Crippen LogP contribution in [0.2, 0.25) is 0 Å². The van der Waals surface area contributed by atoms with Crippen molar-refractivity contribution in [1.82, 2.24) is 0 Å². The zero-order chi connectivity index (χ0) is 11.3. The van der Waals surface area contributed by atoms with Gasteiger partial charge in [0.1, 0.15) is 13.1 Å². The molecular weight excluding hydrogens is 182 g/mol. The predicted octanol–water partition coefficient (Wildman–Crippen LogP) is 3.49. The highest BCUT2D eigenvalue weighted by Gasteiger charge is 2.38. The van der Waals surface area contributed by atoms with Crippen LogP contribution < -0.4 is 0 Å². The topological polar surface area (TPSA) is 3.01 Å². The molecule has 0 radical (unpaired) electrons. The van der Waals surface area contributed by atoms with Crippen molar-refractivity contribution in [3.8, 4) is 0 Å². The van der Waals surface area contributed by atoms with E-state index in [2.05, 4.69) is 38.1 Å². The van der Waals surface area contributed by atoms with Crippen molar-refractivity contribution in [3.63, 3.8) is 0 Å². The van der Waals surface area contributed by atoms with Crippen molar-refractivity contribution in [1.29, 1.82) is 0 Å². The maximum atomic E-state index is 3.77. The van der Waals surface area contributed by atoms with E-state index >= 15 is 0 Å². The zero-order valence-corrected chi connectivity index (χ0v) is 10.6. The van der Waals surface area contributed by atoms with E-state index in [-0.39, 0.29) is 0 Å². The minimum absolute atomic E-state index is 0.611. The molecule has 0 saturated carbocycles. The van der Waals surface area contributed by atoms with E-state index in [0.29, 0.717) is 5.41 Å². The van der Waals surface area contributed by atoms with Crippen LogP contribution in [0.1, 0.15) is 46.5 Å². The highest BCUT2D eigenvalue weighted by atomic mass is 15.0. The van der Waals surface area contributed by atoms with Gasteiger partial charge in [-0.2, -0.15) is 0 Å². The van der Waals surface area contributed by atoms with Crippen LogP contribution in [0.25, 0.3) is 0 Å². The molecule has 1 saturated heterocycles. The van der Waals surface area contributed by atoms with Crippen molar-refractivity contribution < 1.29 is 4.58 Å². The lowest BCUT2D eigenvalue weighted by atomic mass is 9.67. The van der Waals surface area contributed by atoms with Crippen LogP contribution >= 0.6 is 0 Å². The summed E-state index contributed by atoms with van der Waals surface area (Å²) in [6.45, 7) is 13.3. The first kappa shape index (κ1) is 12.5. The molecular formula is C14H26N+. The first-order valence-corrected chi connectivity index (χ1v) is 6.38. The number of rotatable bonds is 4. The van der Waals surface area contributed by atoms with Crippen LogP contribution in [-0.4, -0.2) is 23.9 Å². The number of hydrogen-bond acceptors (Lipinski definition) is 0. The van der Waals surface area contributed by atoms with Gasteiger partial charge in [0.25, 0.3) is 0 Å². The van der Waals surface area contributed by atoms with Crippen molar-refractivity contribution in [2.24, 2.45) is 11.3 Å². The molecule has 0 N–H and O–H groups in total. The van der Waals surface area contributed by atoms with Crippen molar-refractivity contribution >= 4 is 6.21 Å². The highest BCUT2D eigenvalue weighted by Crippen LogP contribution is 2.42. The molecule has 15 heavy (non-hydrogen) atoms. The van der Waals surface area contributed by atoms with Crippen LogP contribution in [0.3, 0.4) is 0 Å². The molecule has 1 fully saturated rings. The average molecular weight is 208 g/mol. The summed E-state index contributed by atoms with van der Waals surface area (Å²) in [4.78, 5) is 0. The quantitative estimate of drug-likeness (QED) is 0.622. The smallest absolute Gasteiger partial charge is 0.162 e. The summed E-state index contributed by atoms with van der Waals surface area (Å²) < 4.78 is 2.41. The second-order valence-electron chi connectivity index (χ2n) is 4.95. The lowest BCUT2D eigenvalue weighted by Gasteiger charge is -2.39. The standard InChI is InChI=1S/C14H26N/c1-5-10-15-11-8-14(7-3,9-12-15)13(4)6-2/h5,10,13H,1,6-9,11-12H2,2-4H3/q+1. The molecule has 0 aromatic heterocycles. The Labute approximate surface area is 94.9 Å². The maximum absolute atomic E-state index is 3.77. The normalized spacial score (nSPS) is 28.6. The predicted molar refractivity (Wildman–Crippen MR) is 67.7 cm³/mol. The van der Waals surface area contributed by atoms with Crippen LogP contribution in [0.5, 0.6) is 0 Å². The molecule has 1 atom stereocenters. The third kappa shape index (κ3) is 2.70. The van der Waals surface area contributed by atoms with Gasteiger partial charge in [0.2, 0.25) is 0 Å². The first-order chi connectivity index (χ1) is 7.18. The Kier molecular flexibility index (Phi) is 4.56. The van der Waals surface area contributed by atoms with E-state index in [1.807, 2.05) is 6.08 Å². The van der Waals surface area contributed by atoms with Gasteiger partial charge in [-0.05, 0) is 23.8 Å². The van der Waals surface area contributed by atoms with E-state index in [4.69, 9.17) is 0 Å². The molecule has 1 heteroatoms. The molecule has 1 heterocycles. The molecule has 1 aliphatic rings. The summed E-state index contributed by atoms with van der Waals surface area (Å²) in [5.74, 6) is 0.869. The molecule has 0 amide bonds. The SMILES string of the molecule is C=CC=[N+]1CCC(CC)(C(C)CC)CC1. The van der Waals surface area contributed by atoms with Crippen molar-refractivity contribution in [2.75, 3.05) is 13.1 Å². The number of piperidine rings is 1. The Morgan fingerprint density at radius 2 is 1.93 bits per heavy atom. The summed E-state index contributed by atoms with van der Waals surface area (Å²) in [6, 6.07) is 0. The minimum Gasteiger partial charge on any atom is -0.236 e. The monoisotopic (exact) mass is 208 g/mol. The molecule has 0 aromatic rings. The molecule has 1 aliphatic heterocycles. The largest absolute Gasteiger partial charge is 0.236 e. The van der Waals surface area contributed by atoms with Gasteiger partial charge in [0.05, 0.1) is 0 Å². The Bertz CT molecular complexity index is 230. The average Bonchev–Trinajstić information content (AvgIpc) is 2.30. The molecule has 1 unspecified atom stereocenters. The van der Waals surface area contributed by atoms with Gasteiger partial charge in [-0.25, -0.2) is 4.58 Å².